The topological polar surface area (TPSA) is 237 Å². The van der Waals surface area contributed by atoms with Crippen LogP contribution in [0.4, 0.5) is 0 Å². The summed E-state index contributed by atoms with van der Waals surface area (Å²) in [6.45, 7) is 9.69. The second kappa shape index (κ2) is 78.3. The van der Waals surface area contributed by atoms with Crippen LogP contribution in [0.1, 0.15) is 465 Å². The van der Waals surface area contributed by atoms with Crippen LogP contribution in [-0.4, -0.2) is 96.7 Å². The van der Waals surface area contributed by atoms with E-state index >= 15 is 0 Å². The third-order valence-corrected chi connectivity index (χ3v) is 22.7. The zero-order chi connectivity index (χ0) is 77.8. The van der Waals surface area contributed by atoms with Crippen LogP contribution in [0.5, 0.6) is 0 Å². The first-order valence-electron chi connectivity index (χ1n) is 45.0. The molecule has 0 bridgehead atoms. The van der Waals surface area contributed by atoms with Crippen molar-refractivity contribution in [2.45, 2.75) is 484 Å². The Balaban J connectivity index is 5.22. The summed E-state index contributed by atoms with van der Waals surface area (Å²) >= 11 is 0. The fourth-order valence-electron chi connectivity index (χ4n) is 13.6. The second-order valence-corrected chi connectivity index (χ2v) is 34.9. The van der Waals surface area contributed by atoms with Crippen molar-refractivity contribution in [1.29, 1.82) is 0 Å². The maximum Gasteiger partial charge on any atom is 0.472 e. The van der Waals surface area contributed by atoms with E-state index in [0.29, 0.717) is 31.6 Å². The molecule has 17 nitrogen and oxygen atoms in total. The molecule has 0 aromatic carbocycles. The van der Waals surface area contributed by atoms with Crippen LogP contribution in [-0.2, 0) is 65.4 Å². The van der Waals surface area contributed by atoms with Crippen molar-refractivity contribution in [3.05, 3.63) is 0 Å². The summed E-state index contributed by atoms with van der Waals surface area (Å²) in [5, 5.41) is 10.7. The van der Waals surface area contributed by atoms with Gasteiger partial charge in [0.2, 0.25) is 0 Å². The summed E-state index contributed by atoms with van der Waals surface area (Å²) in [7, 11) is -9.93. The van der Waals surface area contributed by atoms with E-state index in [2.05, 4.69) is 41.5 Å². The Labute approximate surface area is 651 Å². The van der Waals surface area contributed by atoms with E-state index in [-0.39, 0.29) is 25.7 Å². The maximum absolute atomic E-state index is 13.2. The molecule has 0 radical (unpaired) electrons. The van der Waals surface area contributed by atoms with Gasteiger partial charge in [0.25, 0.3) is 0 Å². The Kier molecular flexibility index (Phi) is 76.9. The fourth-order valence-corrected chi connectivity index (χ4v) is 15.1. The van der Waals surface area contributed by atoms with E-state index in [1.54, 1.807) is 0 Å². The Hall–Kier alpha value is -1.94. The number of phosphoric acid groups is 2. The monoisotopic (exact) mass is 1550 g/mol. The van der Waals surface area contributed by atoms with Gasteiger partial charge in [-0.25, -0.2) is 9.13 Å². The van der Waals surface area contributed by atoms with Gasteiger partial charge in [-0.2, -0.15) is 0 Å². The number of rotatable bonds is 86. The van der Waals surface area contributed by atoms with Crippen LogP contribution in [0.2, 0.25) is 0 Å². The Morgan fingerprint density at radius 3 is 0.717 bits per heavy atom. The number of carbonyl (C=O) groups excluding carboxylic acids is 4. The molecule has 19 heteroatoms. The minimum absolute atomic E-state index is 0.108. The molecule has 0 heterocycles. The predicted molar refractivity (Wildman–Crippen MR) is 437 cm³/mol. The highest BCUT2D eigenvalue weighted by molar-refractivity contribution is 7.47. The smallest absolute Gasteiger partial charge is 0.462 e. The number of phosphoric ester groups is 2. The van der Waals surface area contributed by atoms with Gasteiger partial charge in [-0.1, -0.05) is 414 Å². The molecule has 0 saturated carbocycles. The number of esters is 4. The van der Waals surface area contributed by atoms with Crippen LogP contribution < -0.4 is 0 Å². The number of aliphatic hydroxyl groups excluding tert-OH is 1. The van der Waals surface area contributed by atoms with Gasteiger partial charge in [0.15, 0.2) is 12.2 Å². The quantitative estimate of drug-likeness (QED) is 0.0222. The minimum atomic E-state index is -4.97. The first-order valence-corrected chi connectivity index (χ1v) is 48.0. The van der Waals surface area contributed by atoms with Gasteiger partial charge in [0.1, 0.15) is 19.3 Å². The lowest BCUT2D eigenvalue weighted by Gasteiger charge is -2.21. The van der Waals surface area contributed by atoms with Crippen LogP contribution in [0, 0.1) is 11.8 Å². The molecule has 0 spiro atoms. The van der Waals surface area contributed by atoms with E-state index in [1.807, 2.05) is 0 Å². The summed E-state index contributed by atoms with van der Waals surface area (Å²) in [5.41, 5.74) is 0. The number of hydrogen-bond acceptors (Lipinski definition) is 15. The van der Waals surface area contributed by atoms with E-state index in [4.69, 9.17) is 37.0 Å². The summed E-state index contributed by atoms with van der Waals surface area (Å²) in [6, 6.07) is 0. The Morgan fingerprint density at radius 1 is 0.274 bits per heavy atom. The first-order chi connectivity index (χ1) is 51.4. The Bertz CT molecular complexity index is 2030. The number of carbonyl (C=O) groups is 4. The molecule has 630 valence electrons. The average Bonchev–Trinajstić information content (AvgIpc) is 0.902. The van der Waals surface area contributed by atoms with E-state index in [0.717, 1.165) is 102 Å². The van der Waals surface area contributed by atoms with Crippen molar-refractivity contribution in [2.24, 2.45) is 11.8 Å². The van der Waals surface area contributed by atoms with E-state index in [9.17, 15) is 43.2 Å². The van der Waals surface area contributed by atoms with Crippen molar-refractivity contribution in [1.82, 2.24) is 0 Å². The maximum atomic E-state index is 13.2. The molecular formula is C87H170O17P2. The van der Waals surface area contributed by atoms with Crippen molar-refractivity contribution in [3.63, 3.8) is 0 Å². The van der Waals surface area contributed by atoms with Gasteiger partial charge in [0, 0.05) is 25.7 Å². The van der Waals surface area contributed by atoms with Gasteiger partial charge >= 0.3 is 39.5 Å². The number of ether oxygens (including phenoxy) is 4. The predicted octanol–water partition coefficient (Wildman–Crippen LogP) is 26.6. The zero-order valence-corrected chi connectivity index (χ0v) is 71.5. The first kappa shape index (κ1) is 104. The van der Waals surface area contributed by atoms with E-state index in [1.165, 1.54) is 276 Å². The third-order valence-electron chi connectivity index (χ3n) is 20.8. The van der Waals surface area contributed by atoms with Crippen LogP contribution >= 0.6 is 15.6 Å². The molecule has 0 aromatic rings. The summed E-state index contributed by atoms with van der Waals surface area (Å²) in [5.74, 6) is -0.525. The normalized spacial score (nSPS) is 14.1. The lowest BCUT2D eigenvalue weighted by Crippen LogP contribution is -2.30. The van der Waals surface area contributed by atoms with Gasteiger partial charge in [-0.15, -0.1) is 0 Å². The van der Waals surface area contributed by atoms with Gasteiger partial charge in [0.05, 0.1) is 26.4 Å². The highest BCUT2D eigenvalue weighted by Crippen LogP contribution is 2.45. The average molecular weight is 1550 g/mol. The van der Waals surface area contributed by atoms with Crippen LogP contribution in [0.25, 0.3) is 0 Å². The summed E-state index contributed by atoms with van der Waals surface area (Å²) in [4.78, 5) is 73.2. The highest BCUT2D eigenvalue weighted by Gasteiger charge is 2.30. The molecule has 0 aliphatic heterocycles. The molecule has 0 rings (SSSR count). The molecule has 0 fully saturated rings. The number of aliphatic hydroxyl groups is 1. The fraction of sp³-hybridized carbons (Fsp3) is 0.954. The highest BCUT2D eigenvalue weighted by atomic mass is 31.2. The van der Waals surface area contributed by atoms with Crippen LogP contribution in [0.15, 0.2) is 0 Å². The standard InChI is InChI=1S/C87H170O17P2/c1-7-10-12-14-16-18-20-22-24-26-30-34-37-41-45-51-57-63-69-84(89)97-75-82(103-86(91)71-66-60-53-47-43-39-35-31-28-27-29-32-36-40-44-50-56-62-68-80(6)9-3)77-101-105(93,94)99-73-81(88)74-100-106(95,96)102-78-83(76-98-85(90)70-64-58-54-48-49-55-61-67-79(4)5)104-87(92)72-65-59-52-46-42-38-33-25-23-21-19-17-15-13-11-8-2/h79-83,88H,7-78H2,1-6H3,(H,93,94)(H,95,96)/t80?,81-,82-,83-/m1/s1. The molecule has 0 aliphatic carbocycles. The zero-order valence-electron chi connectivity index (χ0n) is 69.7. The molecule has 0 aliphatic rings. The van der Waals surface area contributed by atoms with Gasteiger partial charge in [-0.05, 0) is 37.5 Å². The molecule has 0 amide bonds. The van der Waals surface area contributed by atoms with Crippen molar-refractivity contribution >= 4 is 39.5 Å². The molecular weight excluding hydrogens is 1380 g/mol. The summed E-state index contributed by atoms with van der Waals surface area (Å²) < 4.78 is 68.9. The minimum Gasteiger partial charge on any atom is -0.462 e. The molecule has 0 saturated heterocycles. The largest absolute Gasteiger partial charge is 0.472 e. The molecule has 106 heavy (non-hydrogen) atoms. The molecule has 6 atom stereocenters. The third kappa shape index (κ3) is 78.7. The van der Waals surface area contributed by atoms with Crippen LogP contribution in [0.3, 0.4) is 0 Å². The van der Waals surface area contributed by atoms with Crippen molar-refractivity contribution in [2.75, 3.05) is 39.6 Å². The van der Waals surface area contributed by atoms with Gasteiger partial charge < -0.3 is 33.8 Å². The molecule has 3 N–H and O–H groups in total. The second-order valence-electron chi connectivity index (χ2n) is 32.0. The number of unbranched alkanes of at least 4 members (excludes halogenated alkanes) is 55. The Morgan fingerprint density at radius 2 is 0.481 bits per heavy atom. The van der Waals surface area contributed by atoms with Gasteiger partial charge in [-0.3, -0.25) is 37.3 Å². The lowest BCUT2D eigenvalue weighted by molar-refractivity contribution is -0.161. The van der Waals surface area contributed by atoms with Crippen molar-refractivity contribution < 1.29 is 80.2 Å². The van der Waals surface area contributed by atoms with Crippen molar-refractivity contribution in [3.8, 4) is 0 Å². The molecule has 0 aromatic heterocycles. The SMILES string of the molecule is CCCCCCCCCCCCCCCCCCCCC(=O)OC[C@H](COP(=O)(O)OC[C@@H](O)COP(=O)(O)OC[C@@H](COC(=O)CCCCCCCCCC(C)C)OC(=O)CCCCCCCCCCCCCCCCCC)OC(=O)CCCCCCCCCCCCCCCCCCCCC(C)CC. The number of hydrogen-bond donors (Lipinski definition) is 3. The van der Waals surface area contributed by atoms with E-state index < -0.39 is 97.5 Å². The summed E-state index contributed by atoms with van der Waals surface area (Å²) in [6.07, 6.45) is 70.9. The lowest BCUT2D eigenvalue weighted by atomic mass is 9.99. The molecule has 3 unspecified atom stereocenters.